The third kappa shape index (κ3) is 7.34. The fraction of sp³-hybridized carbons (Fsp3) is 0.923. The number of nitrogens with two attached hydrogens (primary N) is 1. The summed E-state index contributed by atoms with van der Waals surface area (Å²) in [7, 11) is 1.66. The Kier molecular flexibility index (Phi) is 9.09. The maximum atomic E-state index is 11.5. The van der Waals surface area contributed by atoms with Gasteiger partial charge in [0.2, 0.25) is 5.91 Å². The minimum Gasteiger partial charge on any atom is -0.382 e. The molecule has 102 valence electrons. The van der Waals surface area contributed by atoms with Crippen LogP contribution in [0.2, 0.25) is 0 Å². The Bertz CT molecular complexity index is 206. The molecule has 0 fully saturated rings. The number of rotatable bonds is 9. The second-order valence-electron chi connectivity index (χ2n) is 4.63. The first-order valence-corrected chi connectivity index (χ1v) is 6.60. The van der Waals surface area contributed by atoms with E-state index in [1.165, 1.54) is 0 Å². The molecule has 0 aromatic heterocycles. The van der Waals surface area contributed by atoms with Crippen LogP contribution in [0.15, 0.2) is 0 Å². The molecular weight excluding hydrogens is 216 g/mol. The van der Waals surface area contributed by atoms with Crippen LogP contribution in [0.1, 0.15) is 46.5 Å². The second kappa shape index (κ2) is 9.42. The molecule has 0 rings (SSSR count). The van der Waals surface area contributed by atoms with E-state index >= 15 is 0 Å². The summed E-state index contributed by atoms with van der Waals surface area (Å²) in [6.07, 6.45) is 3.52. The summed E-state index contributed by atoms with van der Waals surface area (Å²) in [6.45, 7) is 6.81. The fourth-order valence-electron chi connectivity index (χ4n) is 1.83. The first-order chi connectivity index (χ1) is 8.04. The summed E-state index contributed by atoms with van der Waals surface area (Å²) in [4.78, 5) is 11.5. The molecule has 4 nitrogen and oxygen atoms in total. The molecule has 17 heavy (non-hydrogen) atoms. The van der Waals surface area contributed by atoms with Gasteiger partial charge in [-0.2, -0.15) is 0 Å². The van der Waals surface area contributed by atoms with Crippen molar-refractivity contribution in [3.05, 3.63) is 0 Å². The summed E-state index contributed by atoms with van der Waals surface area (Å²) in [5.41, 5.74) is 6.03. The summed E-state index contributed by atoms with van der Waals surface area (Å²) in [6, 6.07) is 0.0637. The predicted molar refractivity (Wildman–Crippen MR) is 70.8 cm³/mol. The third-order valence-electron chi connectivity index (χ3n) is 3.37. The van der Waals surface area contributed by atoms with Gasteiger partial charge in [-0.15, -0.1) is 0 Å². The Hall–Kier alpha value is -0.610. The zero-order valence-electron chi connectivity index (χ0n) is 11.7. The monoisotopic (exact) mass is 244 g/mol. The van der Waals surface area contributed by atoms with Gasteiger partial charge in [0.1, 0.15) is 0 Å². The van der Waals surface area contributed by atoms with E-state index in [0.717, 1.165) is 19.3 Å². The van der Waals surface area contributed by atoms with Gasteiger partial charge in [0.05, 0.1) is 6.10 Å². The van der Waals surface area contributed by atoms with E-state index < -0.39 is 0 Å². The van der Waals surface area contributed by atoms with Crippen LogP contribution in [0, 0.1) is 5.92 Å². The molecule has 0 heterocycles. The van der Waals surface area contributed by atoms with Crippen molar-refractivity contribution in [1.29, 1.82) is 0 Å². The van der Waals surface area contributed by atoms with Gasteiger partial charge >= 0.3 is 0 Å². The van der Waals surface area contributed by atoms with Crippen LogP contribution in [0.3, 0.4) is 0 Å². The van der Waals surface area contributed by atoms with Crippen molar-refractivity contribution in [2.24, 2.45) is 11.7 Å². The minimum absolute atomic E-state index is 0.0637. The quantitative estimate of drug-likeness (QED) is 0.648. The average molecular weight is 244 g/mol. The van der Waals surface area contributed by atoms with Crippen LogP contribution in [0.25, 0.3) is 0 Å². The van der Waals surface area contributed by atoms with Crippen molar-refractivity contribution in [3.63, 3.8) is 0 Å². The molecule has 0 saturated heterocycles. The van der Waals surface area contributed by atoms with Crippen LogP contribution in [0.5, 0.6) is 0 Å². The van der Waals surface area contributed by atoms with Gasteiger partial charge in [0, 0.05) is 26.1 Å². The highest BCUT2D eigenvalue weighted by atomic mass is 16.5. The normalized spacial score (nSPS) is 14.7. The molecule has 0 aliphatic heterocycles. The molecule has 0 saturated carbocycles. The van der Waals surface area contributed by atoms with Crippen LogP contribution >= 0.6 is 0 Å². The second-order valence-corrected chi connectivity index (χ2v) is 4.63. The number of nitrogens with one attached hydrogen (secondary N) is 1. The molecule has 1 amide bonds. The van der Waals surface area contributed by atoms with Crippen molar-refractivity contribution in [2.45, 2.75) is 58.6 Å². The van der Waals surface area contributed by atoms with Gasteiger partial charge in [-0.05, 0) is 19.3 Å². The number of carbonyl (C=O) groups excluding carboxylic acids is 1. The van der Waals surface area contributed by atoms with Gasteiger partial charge in [0.25, 0.3) is 0 Å². The van der Waals surface area contributed by atoms with Crippen molar-refractivity contribution < 1.29 is 9.53 Å². The summed E-state index contributed by atoms with van der Waals surface area (Å²) in [5.74, 6) is 0.559. The van der Waals surface area contributed by atoms with Gasteiger partial charge in [-0.3, -0.25) is 4.79 Å². The number of carbonyl (C=O) groups is 1. The Morgan fingerprint density at radius 1 is 1.35 bits per heavy atom. The highest BCUT2D eigenvalue weighted by molar-refractivity contribution is 5.75. The zero-order chi connectivity index (χ0) is 13.3. The lowest BCUT2D eigenvalue weighted by Crippen LogP contribution is -2.41. The molecule has 2 atom stereocenters. The van der Waals surface area contributed by atoms with E-state index in [-0.39, 0.29) is 18.1 Å². The highest BCUT2D eigenvalue weighted by Crippen LogP contribution is 2.10. The fourth-order valence-corrected chi connectivity index (χ4v) is 1.83. The molecular formula is C13H28N2O2. The van der Waals surface area contributed by atoms with Gasteiger partial charge in [-0.1, -0.05) is 26.7 Å². The number of hydrogen-bond acceptors (Lipinski definition) is 3. The molecule has 0 aromatic rings. The van der Waals surface area contributed by atoms with Gasteiger partial charge < -0.3 is 15.8 Å². The molecule has 4 heteroatoms. The Morgan fingerprint density at radius 2 is 1.94 bits per heavy atom. The molecule has 3 N–H and O–H groups in total. The maximum absolute atomic E-state index is 11.5. The first kappa shape index (κ1) is 16.4. The first-order valence-electron chi connectivity index (χ1n) is 6.60. The lowest BCUT2D eigenvalue weighted by Gasteiger charge is -2.21. The van der Waals surface area contributed by atoms with Crippen LogP contribution in [-0.2, 0) is 9.53 Å². The maximum Gasteiger partial charge on any atom is 0.220 e. The van der Waals surface area contributed by atoms with Crippen molar-refractivity contribution in [3.8, 4) is 0 Å². The third-order valence-corrected chi connectivity index (χ3v) is 3.37. The molecule has 0 aliphatic rings. The predicted octanol–water partition coefficient (Wildman–Crippen LogP) is 1.68. The lowest BCUT2D eigenvalue weighted by molar-refractivity contribution is -0.121. The van der Waals surface area contributed by atoms with E-state index in [0.29, 0.717) is 18.9 Å². The SMILES string of the molecule is CCC(CC)C(N)CNC(=O)CCC(C)OC. The molecule has 0 spiro atoms. The molecule has 0 radical (unpaired) electrons. The molecule has 2 unspecified atom stereocenters. The number of amides is 1. The number of ether oxygens (including phenoxy) is 1. The number of hydrogen-bond donors (Lipinski definition) is 2. The van der Waals surface area contributed by atoms with E-state index in [9.17, 15) is 4.79 Å². The zero-order valence-corrected chi connectivity index (χ0v) is 11.7. The van der Waals surface area contributed by atoms with Crippen LogP contribution in [-0.4, -0.2) is 31.7 Å². The van der Waals surface area contributed by atoms with E-state index in [2.05, 4.69) is 19.2 Å². The molecule has 0 aliphatic carbocycles. The van der Waals surface area contributed by atoms with Gasteiger partial charge in [0.15, 0.2) is 0 Å². The van der Waals surface area contributed by atoms with Crippen molar-refractivity contribution in [2.75, 3.05) is 13.7 Å². The van der Waals surface area contributed by atoms with E-state index in [1.54, 1.807) is 7.11 Å². The largest absolute Gasteiger partial charge is 0.382 e. The smallest absolute Gasteiger partial charge is 0.220 e. The Balaban J connectivity index is 3.75. The molecule has 0 aromatic carbocycles. The standard InChI is InChI=1S/C13H28N2O2/c1-5-11(6-2)12(14)9-15-13(16)8-7-10(3)17-4/h10-12H,5-9,14H2,1-4H3,(H,15,16). The minimum atomic E-state index is 0.0637. The van der Waals surface area contributed by atoms with Crippen LogP contribution in [0.4, 0.5) is 0 Å². The topological polar surface area (TPSA) is 64.3 Å². The summed E-state index contributed by atoms with van der Waals surface area (Å²) in [5, 5.41) is 2.89. The van der Waals surface area contributed by atoms with E-state index in [4.69, 9.17) is 10.5 Å². The average Bonchev–Trinajstić information content (AvgIpc) is 2.34. The molecule has 0 bridgehead atoms. The van der Waals surface area contributed by atoms with Gasteiger partial charge in [-0.25, -0.2) is 0 Å². The highest BCUT2D eigenvalue weighted by Gasteiger charge is 2.14. The van der Waals surface area contributed by atoms with Crippen molar-refractivity contribution >= 4 is 5.91 Å². The Labute approximate surface area is 105 Å². The number of methoxy groups -OCH3 is 1. The lowest BCUT2D eigenvalue weighted by atomic mass is 9.95. The summed E-state index contributed by atoms with van der Waals surface area (Å²) < 4.78 is 5.09. The Morgan fingerprint density at radius 3 is 2.41 bits per heavy atom. The van der Waals surface area contributed by atoms with Crippen molar-refractivity contribution in [1.82, 2.24) is 5.32 Å². The van der Waals surface area contributed by atoms with Crippen LogP contribution < -0.4 is 11.1 Å². The summed E-state index contributed by atoms with van der Waals surface area (Å²) >= 11 is 0. The van der Waals surface area contributed by atoms with E-state index in [1.807, 2.05) is 6.92 Å².